The summed E-state index contributed by atoms with van der Waals surface area (Å²) in [5.74, 6) is -0.193. The highest BCUT2D eigenvalue weighted by molar-refractivity contribution is 7.07. The lowest BCUT2D eigenvalue weighted by Crippen LogP contribution is -2.22. The molecule has 0 spiro atoms. The van der Waals surface area contributed by atoms with Crippen molar-refractivity contribution in [3.05, 3.63) is 52.2 Å². The van der Waals surface area contributed by atoms with Crippen molar-refractivity contribution < 1.29 is 17.9 Å². The highest BCUT2D eigenvalue weighted by Gasteiger charge is 2.30. The minimum Gasteiger partial charge on any atom is -0.406 e. The van der Waals surface area contributed by atoms with Gasteiger partial charge in [-0.1, -0.05) is 19.1 Å². The van der Waals surface area contributed by atoms with Crippen LogP contribution < -0.4 is 10.1 Å². The topological polar surface area (TPSA) is 21.3 Å². The molecule has 0 aliphatic heterocycles. The third kappa shape index (κ3) is 5.06. The first-order valence-corrected chi connectivity index (χ1v) is 7.52. The molecule has 0 bridgehead atoms. The van der Waals surface area contributed by atoms with E-state index in [1.165, 1.54) is 17.7 Å². The van der Waals surface area contributed by atoms with E-state index in [4.69, 9.17) is 0 Å². The average molecular weight is 315 g/mol. The van der Waals surface area contributed by atoms with Gasteiger partial charge >= 0.3 is 6.36 Å². The van der Waals surface area contributed by atoms with Crippen molar-refractivity contribution in [3.8, 4) is 5.75 Å². The first-order chi connectivity index (χ1) is 9.98. The van der Waals surface area contributed by atoms with Crippen molar-refractivity contribution in [1.29, 1.82) is 0 Å². The Morgan fingerprint density at radius 3 is 2.43 bits per heavy atom. The van der Waals surface area contributed by atoms with Gasteiger partial charge in [0, 0.05) is 6.04 Å². The summed E-state index contributed by atoms with van der Waals surface area (Å²) in [6.07, 6.45) is -3.93. The zero-order valence-electron chi connectivity index (χ0n) is 11.5. The highest BCUT2D eigenvalue weighted by atomic mass is 32.1. The molecule has 2 rings (SSSR count). The Kier molecular flexibility index (Phi) is 5.25. The van der Waals surface area contributed by atoms with Crippen LogP contribution in [-0.4, -0.2) is 12.9 Å². The van der Waals surface area contributed by atoms with Crippen LogP contribution >= 0.6 is 11.3 Å². The summed E-state index contributed by atoms with van der Waals surface area (Å²) in [5.41, 5.74) is 2.15. The quantitative estimate of drug-likeness (QED) is 0.845. The van der Waals surface area contributed by atoms with Crippen LogP contribution in [0.2, 0.25) is 0 Å². The van der Waals surface area contributed by atoms with Crippen LogP contribution in [0.25, 0.3) is 0 Å². The molecule has 0 aliphatic carbocycles. The van der Waals surface area contributed by atoms with Crippen molar-refractivity contribution in [3.63, 3.8) is 0 Å². The summed E-state index contributed by atoms with van der Waals surface area (Å²) in [5, 5.41) is 7.47. The molecule has 0 saturated heterocycles. The summed E-state index contributed by atoms with van der Waals surface area (Å²) in [6, 6.07) is 8.24. The lowest BCUT2D eigenvalue weighted by Gasteiger charge is -2.17. The van der Waals surface area contributed by atoms with Gasteiger partial charge in [0.1, 0.15) is 5.75 Å². The van der Waals surface area contributed by atoms with Crippen LogP contribution in [0, 0.1) is 0 Å². The van der Waals surface area contributed by atoms with Gasteiger partial charge in [-0.15, -0.1) is 13.2 Å². The Labute approximate surface area is 125 Å². The van der Waals surface area contributed by atoms with E-state index in [1.54, 1.807) is 23.5 Å². The fourth-order valence-electron chi connectivity index (χ4n) is 2.09. The van der Waals surface area contributed by atoms with Gasteiger partial charge in [-0.25, -0.2) is 0 Å². The summed E-state index contributed by atoms with van der Waals surface area (Å²) in [6.45, 7) is 2.86. The molecule has 0 aliphatic rings. The van der Waals surface area contributed by atoms with Gasteiger partial charge in [0.15, 0.2) is 0 Å². The Morgan fingerprint density at radius 1 is 1.19 bits per heavy atom. The number of halogens is 3. The van der Waals surface area contributed by atoms with E-state index < -0.39 is 6.36 Å². The molecule has 21 heavy (non-hydrogen) atoms. The van der Waals surface area contributed by atoms with E-state index in [0.717, 1.165) is 18.5 Å². The molecule has 114 valence electrons. The molecule has 1 aromatic heterocycles. The van der Waals surface area contributed by atoms with Crippen LogP contribution in [0.5, 0.6) is 5.75 Å². The fourth-order valence-corrected chi connectivity index (χ4v) is 2.80. The molecule has 1 atom stereocenters. The largest absolute Gasteiger partial charge is 0.573 e. The second-order valence-corrected chi connectivity index (χ2v) is 5.34. The van der Waals surface area contributed by atoms with E-state index in [0.29, 0.717) is 0 Å². The van der Waals surface area contributed by atoms with Crippen LogP contribution in [0.1, 0.15) is 24.1 Å². The average Bonchev–Trinajstić information content (AvgIpc) is 2.92. The molecule has 6 heteroatoms. The number of likely N-dealkylation sites (N-methyl/N-ethyl adjacent to an activating group) is 1. The molecule has 2 aromatic rings. The van der Waals surface area contributed by atoms with Gasteiger partial charge in [-0.3, -0.25) is 0 Å². The van der Waals surface area contributed by atoms with Crippen LogP contribution in [0.4, 0.5) is 13.2 Å². The lowest BCUT2D eigenvalue weighted by molar-refractivity contribution is -0.274. The van der Waals surface area contributed by atoms with Gasteiger partial charge in [-0.05, 0) is 53.1 Å². The molecule has 1 unspecified atom stereocenters. The van der Waals surface area contributed by atoms with Gasteiger partial charge < -0.3 is 10.1 Å². The van der Waals surface area contributed by atoms with E-state index in [2.05, 4.69) is 21.5 Å². The predicted molar refractivity (Wildman–Crippen MR) is 77.6 cm³/mol. The maximum atomic E-state index is 12.1. The summed E-state index contributed by atoms with van der Waals surface area (Å²) >= 11 is 1.63. The van der Waals surface area contributed by atoms with Crippen molar-refractivity contribution in [2.24, 2.45) is 0 Å². The summed E-state index contributed by atoms with van der Waals surface area (Å²) < 4.78 is 40.2. The molecule has 2 nitrogen and oxygen atoms in total. The van der Waals surface area contributed by atoms with Crippen molar-refractivity contribution in [2.45, 2.75) is 25.7 Å². The van der Waals surface area contributed by atoms with E-state index in [-0.39, 0.29) is 11.8 Å². The summed E-state index contributed by atoms with van der Waals surface area (Å²) in [4.78, 5) is 0. The maximum absolute atomic E-state index is 12.1. The normalized spacial score (nSPS) is 13.1. The highest BCUT2D eigenvalue weighted by Crippen LogP contribution is 2.25. The minimum absolute atomic E-state index is 0.163. The number of hydrogen-bond donors (Lipinski definition) is 1. The molecule has 0 radical (unpaired) electrons. The third-order valence-electron chi connectivity index (χ3n) is 2.99. The first kappa shape index (κ1) is 15.9. The van der Waals surface area contributed by atoms with Crippen molar-refractivity contribution in [1.82, 2.24) is 5.32 Å². The number of thiophene rings is 1. The van der Waals surface area contributed by atoms with Gasteiger partial charge in [0.2, 0.25) is 0 Å². The minimum atomic E-state index is -4.65. The second kappa shape index (κ2) is 6.95. The first-order valence-electron chi connectivity index (χ1n) is 6.58. The van der Waals surface area contributed by atoms with Crippen molar-refractivity contribution >= 4 is 11.3 Å². The third-order valence-corrected chi connectivity index (χ3v) is 3.69. The molecule has 1 heterocycles. The standard InChI is InChI=1S/C15H16F3NOS/c1-2-19-14(12-7-8-21-10-12)9-11-3-5-13(6-4-11)20-15(16,17)18/h3-8,10,14,19H,2,9H2,1H3. The molecule has 0 amide bonds. The number of nitrogens with one attached hydrogen (secondary N) is 1. The zero-order chi connectivity index (χ0) is 15.3. The van der Waals surface area contributed by atoms with Gasteiger partial charge in [0.25, 0.3) is 0 Å². The lowest BCUT2D eigenvalue weighted by atomic mass is 10.0. The number of alkyl halides is 3. The summed E-state index contributed by atoms with van der Waals surface area (Å²) in [7, 11) is 0. The molecule has 1 N–H and O–H groups in total. The Hall–Kier alpha value is -1.53. The molecule has 0 saturated carbocycles. The van der Waals surface area contributed by atoms with E-state index in [1.807, 2.05) is 12.3 Å². The SMILES string of the molecule is CCNC(Cc1ccc(OC(F)(F)F)cc1)c1ccsc1. The molecular weight excluding hydrogens is 299 g/mol. The van der Waals surface area contributed by atoms with Crippen LogP contribution in [0.15, 0.2) is 41.1 Å². The number of ether oxygens (including phenoxy) is 1. The fraction of sp³-hybridized carbons (Fsp3) is 0.333. The van der Waals surface area contributed by atoms with Gasteiger partial charge in [-0.2, -0.15) is 11.3 Å². The van der Waals surface area contributed by atoms with Crippen molar-refractivity contribution in [2.75, 3.05) is 6.54 Å². The Morgan fingerprint density at radius 2 is 1.90 bits per heavy atom. The Bertz CT molecular complexity index is 537. The number of benzene rings is 1. The Balaban J connectivity index is 2.04. The smallest absolute Gasteiger partial charge is 0.406 e. The number of hydrogen-bond acceptors (Lipinski definition) is 3. The monoisotopic (exact) mass is 315 g/mol. The van der Waals surface area contributed by atoms with Crippen LogP contribution in [0.3, 0.4) is 0 Å². The zero-order valence-corrected chi connectivity index (χ0v) is 12.3. The predicted octanol–water partition coefficient (Wildman–Crippen LogP) is 4.54. The number of rotatable bonds is 6. The molecular formula is C15H16F3NOS. The van der Waals surface area contributed by atoms with E-state index in [9.17, 15) is 13.2 Å². The van der Waals surface area contributed by atoms with Crippen LogP contribution in [-0.2, 0) is 6.42 Å². The van der Waals surface area contributed by atoms with Gasteiger partial charge in [0.05, 0.1) is 0 Å². The molecule has 0 fully saturated rings. The second-order valence-electron chi connectivity index (χ2n) is 4.56. The van der Waals surface area contributed by atoms with E-state index >= 15 is 0 Å². The molecule has 1 aromatic carbocycles. The maximum Gasteiger partial charge on any atom is 0.573 e.